The summed E-state index contributed by atoms with van der Waals surface area (Å²) >= 11 is 0. The van der Waals surface area contributed by atoms with Crippen LogP contribution in [0, 0.1) is 6.92 Å². The Morgan fingerprint density at radius 1 is 1.03 bits per heavy atom. The van der Waals surface area contributed by atoms with Gasteiger partial charge in [-0.2, -0.15) is 0 Å². The lowest BCUT2D eigenvalue weighted by Crippen LogP contribution is -2.28. The predicted molar refractivity (Wildman–Crippen MR) is 118 cm³/mol. The van der Waals surface area contributed by atoms with Crippen LogP contribution in [0.1, 0.15) is 34.2 Å². The highest BCUT2D eigenvalue weighted by Gasteiger charge is 2.09. The third-order valence-corrected chi connectivity index (χ3v) is 4.49. The van der Waals surface area contributed by atoms with Crippen LogP contribution in [0.2, 0.25) is 0 Å². The molecule has 1 aromatic carbocycles. The van der Waals surface area contributed by atoms with Gasteiger partial charge in [0.2, 0.25) is 0 Å². The Morgan fingerprint density at radius 2 is 1.81 bits per heavy atom. The molecule has 0 bridgehead atoms. The number of ether oxygens (including phenoxy) is 1. The minimum atomic E-state index is -0.291. The highest BCUT2D eigenvalue weighted by molar-refractivity contribution is 5.92. The first-order valence-corrected chi connectivity index (χ1v) is 9.93. The van der Waals surface area contributed by atoms with E-state index in [9.17, 15) is 9.59 Å². The van der Waals surface area contributed by atoms with Gasteiger partial charge in [-0.3, -0.25) is 14.8 Å². The number of hydrogen-bond donors (Lipinski definition) is 3. The highest BCUT2D eigenvalue weighted by Crippen LogP contribution is 2.22. The van der Waals surface area contributed by atoms with Gasteiger partial charge in [-0.1, -0.05) is 19.1 Å². The number of aromatic nitrogens is 2. The number of nitrogens with zero attached hydrogens (tertiary/aromatic N) is 2. The van der Waals surface area contributed by atoms with E-state index in [1.54, 1.807) is 37.5 Å². The van der Waals surface area contributed by atoms with Crippen LogP contribution in [0.5, 0.6) is 11.5 Å². The molecule has 3 N–H and O–H groups in total. The molecule has 2 heterocycles. The van der Waals surface area contributed by atoms with Crippen LogP contribution >= 0.6 is 0 Å². The zero-order chi connectivity index (χ0) is 22.2. The van der Waals surface area contributed by atoms with E-state index in [1.165, 1.54) is 6.20 Å². The van der Waals surface area contributed by atoms with Crippen molar-refractivity contribution in [3.8, 4) is 11.5 Å². The summed E-state index contributed by atoms with van der Waals surface area (Å²) in [6.07, 6.45) is 4.04. The smallest absolute Gasteiger partial charge is 0.319 e. The Morgan fingerprint density at radius 3 is 2.52 bits per heavy atom. The van der Waals surface area contributed by atoms with E-state index in [0.717, 1.165) is 28.9 Å². The molecule has 3 rings (SSSR count). The third kappa shape index (κ3) is 6.02. The van der Waals surface area contributed by atoms with E-state index in [0.29, 0.717) is 18.0 Å². The molecule has 8 nitrogen and oxygen atoms in total. The number of urea groups is 1. The van der Waals surface area contributed by atoms with Crippen molar-refractivity contribution in [3.05, 3.63) is 77.4 Å². The normalized spacial score (nSPS) is 10.3. The van der Waals surface area contributed by atoms with Crippen LogP contribution in [-0.4, -0.2) is 29.0 Å². The van der Waals surface area contributed by atoms with Crippen LogP contribution in [0.4, 0.5) is 10.5 Å². The number of anilines is 1. The zero-order valence-corrected chi connectivity index (χ0v) is 17.7. The Bertz CT molecular complexity index is 1070. The number of rotatable bonds is 7. The fourth-order valence-corrected chi connectivity index (χ4v) is 2.87. The molecule has 0 atom stereocenters. The number of carbonyl (C=O) groups excluding carboxylic acids is 2. The molecule has 160 valence electrons. The maximum atomic E-state index is 12.3. The molecule has 31 heavy (non-hydrogen) atoms. The van der Waals surface area contributed by atoms with Crippen LogP contribution < -0.4 is 20.7 Å². The standard InChI is InChI=1S/C23H25N5O3/c1-4-19-20(11-15(2)13-26-19)28-23(30)27-14-16-5-7-17(8-6-16)31-18-9-10-25-21(12-18)22(29)24-3/h5-13H,4,14H2,1-3H3,(H,24,29)(H2,27,28,30). The van der Waals surface area contributed by atoms with Gasteiger partial charge in [0.15, 0.2) is 0 Å². The van der Waals surface area contributed by atoms with Crippen molar-refractivity contribution in [2.24, 2.45) is 0 Å². The lowest BCUT2D eigenvalue weighted by atomic mass is 10.2. The number of hydrogen-bond acceptors (Lipinski definition) is 5. The Kier molecular flexibility index (Phi) is 7.16. The summed E-state index contributed by atoms with van der Waals surface area (Å²) in [6.45, 7) is 4.29. The molecule has 2 aromatic heterocycles. The number of benzene rings is 1. The number of nitrogens with one attached hydrogen (secondary N) is 3. The molecule has 3 aromatic rings. The highest BCUT2D eigenvalue weighted by atomic mass is 16.5. The summed E-state index contributed by atoms with van der Waals surface area (Å²) in [5, 5.41) is 8.23. The van der Waals surface area contributed by atoms with Crippen molar-refractivity contribution in [3.63, 3.8) is 0 Å². The molecule has 0 saturated carbocycles. The van der Waals surface area contributed by atoms with Gasteiger partial charge in [0.1, 0.15) is 17.2 Å². The Balaban J connectivity index is 1.56. The summed E-state index contributed by atoms with van der Waals surface area (Å²) < 4.78 is 5.78. The van der Waals surface area contributed by atoms with Gasteiger partial charge >= 0.3 is 6.03 Å². The second-order valence-corrected chi connectivity index (χ2v) is 6.87. The maximum absolute atomic E-state index is 12.3. The molecule has 0 aliphatic heterocycles. The minimum Gasteiger partial charge on any atom is -0.457 e. The van der Waals surface area contributed by atoms with Crippen molar-refractivity contribution in [1.82, 2.24) is 20.6 Å². The Labute approximate surface area is 181 Å². The van der Waals surface area contributed by atoms with E-state index in [4.69, 9.17) is 4.74 Å². The molecule has 0 aliphatic rings. The maximum Gasteiger partial charge on any atom is 0.319 e. The van der Waals surface area contributed by atoms with Crippen LogP contribution in [0.15, 0.2) is 54.9 Å². The second-order valence-electron chi connectivity index (χ2n) is 6.87. The quantitative estimate of drug-likeness (QED) is 0.540. The summed E-state index contributed by atoms with van der Waals surface area (Å²) in [5.41, 5.74) is 3.75. The molecular weight excluding hydrogens is 394 g/mol. The second kappa shape index (κ2) is 10.2. The van der Waals surface area contributed by atoms with Crippen molar-refractivity contribution in [2.45, 2.75) is 26.8 Å². The molecule has 0 spiro atoms. The first-order chi connectivity index (χ1) is 15.0. The number of amides is 3. The molecule has 0 fully saturated rings. The van der Waals surface area contributed by atoms with Gasteiger partial charge in [-0.25, -0.2) is 4.79 Å². The van der Waals surface area contributed by atoms with E-state index in [-0.39, 0.29) is 17.6 Å². The van der Waals surface area contributed by atoms with Gasteiger partial charge in [0.05, 0.1) is 11.4 Å². The average molecular weight is 419 g/mol. The average Bonchev–Trinajstić information content (AvgIpc) is 2.78. The topological polar surface area (TPSA) is 105 Å². The van der Waals surface area contributed by atoms with Crippen molar-refractivity contribution >= 4 is 17.6 Å². The van der Waals surface area contributed by atoms with E-state index in [1.807, 2.05) is 32.0 Å². The van der Waals surface area contributed by atoms with Crippen molar-refractivity contribution in [1.29, 1.82) is 0 Å². The predicted octanol–water partition coefficient (Wildman–Crippen LogP) is 3.82. The fraction of sp³-hybridized carbons (Fsp3) is 0.217. The summed E-state index contributed by atoms with van der Waals surface area (Å²) in [7, 11) is 1.55. The van der Waals surface area contributed by atoms with Crippen molar-refractivity contribution < 1.29 is 14.3 Å². The summed E-state index contributed by atoms with van der Waals surface area (Å²) in [6, 6.07) is 12.2. The Hall–Kier alpha value is -3.94. The van der Waals surface area contributed by atoms with E-state index in [2.05, 4.69) is 25.9 Å². The summed E-state index contributed by atoms with van der Waals surface area (Å²) in [4.78, 5) is 32.3. The summed E-state index contributed by atoms with van der Waals surface area (Å²) in [5.74, 6) is 0.843. The molecule has 0 saturated heterocycles. The molecule has 3 amide bonds. The first kappa shape index (κ1) is 21.8. The van der Waals surface area contributed by atoms with Gasteiger partial charge < -0.3 is 20.7 Å². The largest absolute Gasteiger partial charge is 0.457 e. The van der Waals surface area contributed by atoms with E-state index < -0.39 is 0 Å². The minimum absolute atomic E-state index is 0.280. The molecule has 0 aliphatic carbocycles. The van der Waals surface area contributed by atoms with E-state index >= 15 is 0 Å². The third-order valence-electron chi connectivity index (χ3n) is 4.49. The molecule has 8 heteroatoms. The molecule has 0 unspecified atom stereocenters. The van der Waals surface area contributed by atoms with Gasteiger partial charge in [-0.15, -0.1) is 0 Å². The zero-order valence-electron chi connectivity index (χ0n) is 17.7. The van der Waals surface area contributed by atoms with Crippen LogP contribution in [0.3, 0.4) is 0 Å². The lowest BCUT2D eigenvalue weighted by Gasteiger charge is -2.12. The van der Waals surface area contributed by atoms with Gasteiger partial charge in [0, 0.05) is 32.1 Å². The van der Waals surface area contributed by atoms with Crippen molar-refractivity contribution in [2.75, 3.05) is 12.4 Å². The number of aryl methyl sites for hydroxylation is 2. The molecular formula is C23H25N5O3. The lowest BCUT2D eigenvalue weighted by molar-refractivity contribution is 0.0958. The van der Waals surface area contributed by atoms with Crippen LogP contribution in [0.25, 0.3) is 0 Å². The van der Waals surface area contributed by atoms with Gasteiger partial charge in [0.25, 0.3) is 5.91 Å². The monoisotopic (exact) mass is 419 g/mol. The molecule has 0 radical (unpaired) electrons. The SMILES string of the molecule is CCc1ncc(C)cc1NC(=O)NCc1ccc(Oc2ccnc(C(=O)NC)c2)cc1. The van der Waals surface area contributed by atoms with Gasteiger partial charge in [-0.05, 0) is 48.7 Å². The first-order valence-electron chi connectivity index (χ1n) is 9.93. The number of pyridine rings is 2. The fourth-order valence-electron chi connectivity index (χ4n) is 2.87. The number of carbonyl (C=O) groups is 2. The van der Waals surface area contributed by atoms with Crippen LogP contribution in [-0.2, 0) is 13.0 Å².